The van der Waals surface area contributed by atoms with Crippen LogP contribution in [0.4, 0.5) is 0 Å². The Balaban J connectivity index is 2.32. The molecule has 0 amide bonds. The minimum atomic E-state index is 1.06. The van der Waals surface area contributed by atoms with E-state index in [-0.39, 0.29) is 0 Å². The van der Waals surface area contributed by atoms with E-state index in [9.17, 15) is 0 Å². The molecule has 0 bridgehead atoms. The van der Waals surface area contributed by atoms with Crippen molar-refractivity contribution in [3.63, 3.8) is 0 Å². The molecule has 1 N–H and O–H groups in total. The average Bonchev–Trinajstić information content (AvgIpc) is 2.37. The van der Waals surface area contributed by atoms with Crippen molar-refractivity contribution < 1.29 is 0 Å². The second-order valence-electron chi connectivity index (χ2n) is 2.62. The first-order valence-corrected chi connectivity index (χ1v) is 3.97. The topological polar surface area (TPSA) is 29.9 Å². The van der Waals surface area contributed by atoms with Gasteiger partial charge in [0, 0.05) is 18.9 Å². The van der Waals surface area contributed by atoms with Crippen LogP contribution in [0.1, 0.15) is 12.2 Å². The summed E-state index contributed by atoms with van der Waals surface area (Å²) in [7, 11) is 1.97. The normalized spacial score (nSPS) is 10.4. The van der Waals surface area contributed by atoms with E-state index in [2.05, 4.69) is 14.9 Å². The van der Waals surface area contributed by atoms with Gasteiger partial charge in [-0.15, -0.1) is 0 Å². The molecule has 0 unspecified atom stereocenters. The molecule has 0 aliphatic carbocycles. The van der Waals surface area contributed by atoms with Gasteiger partial charge in [0.2, 0.25) is 0 Å². The van der Waals surface area contributed by atoms with Gasteiger partial charge in [-0.25, -0.2) is 4.98 Å². The zero-order valence-corrected chi connectivity index (χ0v) is 7.17. The summed E-state index contributed by atoms with van der Waals surface area (Å²) in [5.41, 5.74) is 0. The molecule has 0 atom stereocenters. The van der Waals surface area contributed by atoms with Gasteiger partial charge < -0.3 is 9.88 Å². The number of aromatic nitrogens is 2. The average molecular weight is 153 g/mol. The minimum Gasteiger partial charge on any atom is -0.335 e. The predicted molar refractivity (Wildman–Crippen MR) is 45.5 cm³/mol. The Morgan fingerprint density at radius 1 is 1.64 bits per heavy atom. The van der Waals surface area contributed by atoms with E-state index in [0.717, 1.165) is 25.3 Å². The highest BCUT2D eigenvalue weighted by atomic mass is 15.0. The molecule has 1 heterocycles. The fraction of sp³-hybridized carbons (Fsp3) is 0.625. The van der Waals surface area contributed by atoms with Crippen LogP contribution in [0.3, 0.4) is 0 Å². The van der Waals surface area contributed by atoms with Gasteiger partial charge in [0.1, 0.15) is 5.82 Å². The molecule has 0 saturated heterocycles. The van der Waals surface area contributed by atoms with Gasteiger partial charge in [0.05, 0.1) is 0 Å². The number of rotatable bonds is 4. The smallest absolute Gasteiger partial charge is 0.105 e. The SMILES string of the molecule is CNCCCn1ccnc1C. The van der Waals surface area contributed by atoms with Crippen molar-refractivity contribution in [3.8, 4) is 0 Å². The molecule has 0 fully saturated rings. The fourth-order valence-corrected chi connectivity index (χ4v) is 1.07. The summed E-state index contributed by atoms with van der Waals surface area (Å²) in [5, 5.41) is 3.12. The fourth-order valence-electron chi connectivity index (χ4n) is 1.07. The van der Waals surface area contributed by atoms with Crippen LogP contribution < -0.4 is 5.32 Å². The largest absolute Gasteiger partial charge is 0.335 e. The van der Waals surface area contributed by atoms with Crippen LogP contribution in [-0.4, -0.2) is 23.1 Å². The van der Waals surface area contributed by atoms with Gasteiger partial charge in [0.15, 0.2) is 0 Å². The Morgan fingerprint density at radius 2 is 2.45 bits per heavy atom. The summed E-state index contributed by atoms with van der Waals surface area (Å²) in [6.45, 7) is 4.16. The van der Waals surface area contributed by atoms with Crippen molar-refractivity contribution in [2.24, 2.45) is 0 Å². The predicted octanol–water partition coefficient (Wildman–Crippen LogP) is 0.801. The lowest BCUT2D eigenvalue weighted by atomic mass is 10.4. The minimum absolute atomic E-state index is 1.06. The number of hydrogen-bond donors (Lipinski definition) is 1. The van der Waals surface area contributed by atoms with Gasteiger partial charge in [-0.1, -0.05) is 0 Å². The second-order valence-corrected chi connectivity index (χ2v) is 2.62. The van der Waals surface area contributed by atoms with Gasteiger partial charge in [0.25, 0.3) is 0 Å². The monoisotopic (exact) mass is 153 g/mol. The molecule has 3 nitrogen and oxygen atoms in total. The van der Waals surface area contributed by atoms with E-state index in [1.54, 1.807) is 0 Å². The molecule has 3 heteroatoms. The van der Waals surface area contributed by atoms with Crippen molar-refractivity contribution in [3.05, 3.63) is 18.2 Å². The standard InChI is InChI=1S/C8H15N3/c1-8-10-5-7-11(8)6-3-4-9-2/h5,7,9H,3-4,6H2,1-2H3. The number of hydrogen-bond acceptors (Lipinski definition) is 2. The van der Waals surface area contributed by atoms with Gasteiger partial charge in [-0.3, -0.25) is 0 Å². The molecule has 0 spiro atoms. The molecule has 1 aromatic rings. The summed E-state index contributed by atoms with van der Waals surface area (Å²) in [6.07, 6.45) is 5.02. The first-order valence-electron chi connectivity index (χ1n) is 3.97. The third-order valence-electron chi connectivity index (χ3n) is 1.75. The Kier molecular flexibility index (Phi) is 3.11. The maximum Gasteiger partial charge on any atom is 0.105 e. The highest BCUT2D eigenvalue weighted by Crippen LogP contribution is 1.95. The molecule has 0 saturated carbocycles. The van der Waals surface area contributed by atoms with Crippen LogP contribution in [0.2, 0.25) is 0 Å². The molecular weight excluding hydrogens is 138 g/mol. The summed E-state index contributed by atoms with van der Waals surface area (Å²) >= 11 is 0. The zero-order chi connectivity index (χ0) is 8.10. The summed E-state index contributed by atoms with van der Waals surface area (Å²) in [4.78, 5) is 4.14. The number of nitrogens with zero attached hydrogens (tertiary/aromatic N) is 2. The van der Waals surface area contributed by atoms with Crippen LogP contribution in [0.25, 0.3) is 0 Å². The Bertz CT molecular complexity index is 205. The second kappa shape index (κ2) is 4.13. The zero-order valence-electron chi connectivity index (χ0n) is 7.17. The van der Waals surface area contributed by atoms with Crippen molar-refractivity contribution in [2.75, 3.05) is 13.6 Å². The summed E-state index contributed by atoms with van der Waals surface area (Å²) < 4.78 is 2.16. The van der Waals surface area contributed by atoms with E-state index >= 15 is 0 Å². The molecule has 0 radical (unpaired) electrons. The van der Waals surface area contributed by atoms with Crippen molar-refractivity contribution in [1.29, 1.82) is 0 Å². The Morgan fingerprint density at radius 3 is 3.00 bits per heavy atom. The Hall–Kier alpha value is -0.830. The Labute approximate surface area is 67.4 Å². The lowest BCUT2D eigenvalue weighted by Gasteiger charge is -2.03. The lowest BCUT2D eigenvalue weighted by molar-refractivity contribution is 0.601. The van der Waals surface area contributed by atoms with Crippen molar-refractivity contribution in [1.82, 2.24) is 14.9 Å². The quantitative estimate of drug-likeness (QED) is 0.648. The van der Waals surface area contributed by atoms with E-state index in [1.165, 1.54) is 0 Å². The lowest BCUT2D eigenvalue weighted by Crippen LogP contribution is -2.11. The van der Waals surface area contributed by atoms with E-state index in [0.29, 0.717) is 0 Å². The molecule has 1 aromatic heterocycles. The van der Waals surface area contributed by atoms with Crippen molar-refractivity contribution >= 4 is 0 Å². The third kappa shape index (κ3) is 2.35. The maximum atomic E-state index is 4.14. The van der Waals surface area contributed by atoms with Crippen LogP contribution in [0.15, 0.2) is 12.4 Å². The van der Waals surface area contributed by atoms with Gasteiger partial charge in [-0.05, 0) is 26.9 Å². The summed E-state index contributed by atoms with van der Waals surface area (Å²) in [5.74, 6) is 1.10. The number of nitrogens with one attached hydrogen (secondary N) is 1. The summed E-state index contributed by atoms with van der Waals surface area (Å²) in [6, 6.07) is 0. The van der Waals surface area contributed by atoms with Crippen molar-refractivity contribution in [2.45, 2.75) is 19.9 Å². The first kappa shape index (κ1) is 8.27. The van der Waals surface area contributed by atoms with E-state index in [4.69, 9.17) is 0 Å². The van der Waals surface area contributed by atoms with Gasteiger partial charge in [-0.2, -0.15) is 0 Å². The highest BCUT2D eigenvalue weighted by molar-refractivity contribution is 4.87. The maximum absolute atomic E-state index is 4.14. The number of imidazole rings is 1. The van der Waals surface area contributed by atoms with Crippen LogP contribution in [0.5, 0.6) is 0 Å². The van der Waals surface area contributed by atoms with Crippen LogP contribution >= 0.6 is 0 Å². The van der Waals surface area contributed by atoms with E-state index in [1.807, 2.05) is 26.4 Å². The molecule has 11 heavy (non-hydrogen) atoms. The van der Waals surface area contributed by atoms with Gasteiger partial charge >= 0.3 is 0 Å². The highest BCUT2D eigenvalue weighted by Gasteiger charge is 1.93. The van der Waals surface area contributed by atoms with E-state index < -0.39 is 0 Å². The first-order chi connectivity index (χ1) is 5.34. The molecule has 62 valence electrons. The number of aryl methyl sites for hydroxylation is 2. The molecular formula is C8H15N3. The third-order valence-corrected chi connectivity index (χ3v) is 1.75. The molecule has 0 aliphatic rings. The molecule has 0 aliphatic heterocycles. The molecule has 1 rings (SSSR count). The van der Waals surface area contributed by atoms with Crippen LogP contribution in [-0.2, 0) is 6.54 Å². The van der Waals surface area contributed by atoms with Crippen LogP contribution in [0, 0.1) is 6.92 Å². The molecule has 0 aromatic carbocycles.